The molecule has 0 amide bonds. The number of nitrogens with zero attached hydrogens (tertiary/aromatic N) is 3. The summed E-state index contributed by atoms with van der Waals surface area (Å²) in [7, 11) is -2.17. The molecule has 1 aromatic rings. The van der Waals surface area contributed by atoms with Gasteiger partial charge in [0.25, 0.3) is 0 Å². The SMILES string of the molecule is Cn1c(=O)n([C@@H]2O[C@H](COP(=O)(O)O)[C@@H](O)C2O)c[n+](C)c1=O. The van der Waals surface area contributed by atoms with Gasteiger partial charge in [0.1, 0.15) is 18.3 Å². The summed E-state index contributed by atoms with van der Waals surface area (Å²) in [6.07, 6.45) is -4.62. The Kier molecular flexibility index (Phi) is 4.87. The Balaban J connectivity index is 2.30. The summed E-state index contributed by atoms with van der Waals surface area (Å²) in [5.41, 5.74) is -1.39. The lowest BCUT2D eigenvalue weighted by molar-refractivity contribution is -0.696. The van der Waals surface area contributed by atoms with Crippen molar-refractivity contribution in [3.63, 3.8) is 0 Å². The van der Waals surface area contributed by atoms with E-state index in [4.69, 9.17) is 14.5 Å². The molecule has 130 valence electrons. The van der Waals surface area contributed by atoms with Crippen molar-refractivity contribution in [3.8, 4) is 0 Å². The normalized spacial score (nSPS) is 28.3. The molecule has 4 atom stereocenters. The van der Waals surface area contributed by atoms with Crippen LogP contribution in [-0.4, -0.2) is 54.1 Å². The van der Waals surface area contributed by atoms with Gasteiger partial charge in [-0.15, -0.1) is 0 Å². The van der Waals surface area contributed by atoms with Crippen molar-refractivity contribution < 1.29 is 38.4 Å². The highest BCUT2D eigenvalue weighted by Gasteiger charge is 2.47. The van der Waals surface area contributed by atoms with Crippen molar-refractivity contribution in [2.75, 3.05) is 6.61 Å². The second-order valence-electron chi connectivity index (χ2n) is 5.09. The second-order valence-corrected chi connectivity index (χ2v) is 6.33. The van der Waals surface area contributed by atoms with Crippen LogP contribution in [-0.2, 0) is 27.9 Å². The number of aliphatic hydroxyl groups excluding tert-OH is 2. The van der Waals surface area contributed by atoms with E-state index in [2.05, 4.69) is 4.52 Å². The molecule has 0 spiro atoms. The van der Waals surface area contributed by atoms with Gasteiger partial charge in [-0.1, -0.05) is 0 Å². The molecule has 1 aliphatic heterocycles. The minimum Gasteiger partial charge on any atom is -0.387 e. The summed E-state index contributed by atoms with van der Waals surface area (Å²) < 4.78 is 22.9. The Morgan fingerprint density at radius 3 is 2.52 bits per heavy atom. The van der Waals surface area contributed by atoms with Crippen molar-refractivity contribution in [2.45, 2.75) is 24.5 Å². The summed E-state index contributed by atoms with van der Waals surface area (Å²) >= 11 is 0. The third-order valence-electron chi connectivity index (χ3n) is 3.41. The predicted octanol–water partition coefficient (Wildman–Crippen LogP) is -3.90. The third-order valence-corrected chi connectivity index (χ3v) is 3.90. The molecule has 0 aliphatic carbocycles. The van der Waals surface area contributed by atoms with Crippen LogP contribution in [0.2, 0.25) is 0 Å². The lowest BCUT2D eigenvalue weighted by Gasteiger charge is -2.14. The molecule has 0 bridgehead atoms. The lowest BCUT2D eigenvalue weighted by atomic mass is 10.1. The van der Waals surface area contributed by atoms with Gasteiger partial charge in [-0.2, -0.15) is 9.13 Å². The maximum atomic E-state index is 12.1. The zero-order valence-corrected chi connectivity index (χ0v) is 13.1. The van der Waals surface area contributed by atoms with Crippen LogP contribution in [0.15, 0.2) is 15.9 Å². The molecule has 23 heavy (non-hydrogen) atoms. The van der Waals surface area contributed by atoms with Crippen LogP contribution in [0.3, 0.4) is 0 Å². The lowest BCUT2D eigenvalue weighted by Crippen LogP contribution is -2.58. The smallest absolute Gasteiger partial charge is 0.387 e. The average Bonchev–Trinajstić information content (AvgIpc) is 2.74. The zero-order chi connectivity index (χ0) is 17.5. The number of aryl methyl sites for hydroxylation is 1. The zero-order valence-electron chi connectivity index (χ0n) is 12.2. The largest absolute Gasteiger partial charge is 0.469 e. The summed E-state index contributed by atoms with van der Waals surface area (Å²) in [5.74, 6) is 0. The molecule has 0 aromatic carbocycles. The molecule has 1 aromatic heterocycles. The van der Waals surface area contributed by atoms with E-state index in [1.807, 2.05) is 0 Å². The van der Waals surface area contributed by atoms with E-state index in [0.717, 1.165) is 20.0 Å². The molecule has 13 heteroatoms. The number of phosphoric acid groups is 1. The Morgan fingerprint density at radius 1 is 1.35 bits per heavy atom. The second kappa shape index (κ2) is 6.24. The predicted molar refractivity (Wildman–Crippen MR) is 71.0 cm³/mol. The highest BCUT2D eigenvalue weighted by Crippen LogP contribution is 2.38. The van der Waals surface area contributed by atoms with E-state index in [9.17, 15) is 24.4 Å². The number of ether oxygens (including phenoxy) is 1. The van der Waals surface area contributed by atoms with Crippen molar-refractivity contribution in [1.29, 1.82) is 0 Å². The van der Waals surface area contributed by atoms with Gasteiger partial charge in [0.05, 0.1) is 20.7 Å². The summed E-state index contributed by atoms with van der Waals surface area (Å²) in [6, 6.07) is 0. The molecule has 1 saturated heterocycles. The minimum atomic E-state index is -4.78. The summed E-state index contributed by atoms with van der Waals surface area (Å²) in [6.45, 7) is -0.689. The van der Waals surface area contributed by atoms with Crippen molar-refractivity contribution in [2.24, 2.45) is 14.1 Å². The van der Waals surface area contributed by atoms with Crippen molar-refractivity contribution in [3.05, 3.63) is 27.3 Å². The third kappa shape index (κ3) is 3.58. The molecule has 1 aliphatic rings. The van der Waals surface area contributed by atoms with Gasteiger partial charge in [0.15, 0.2) is 0 Å². The van der Waals surface area contributed by atoms with E-state index < -0.39 is 50.3 Å². The van der Waals surface area contributed by atoms with Crippen LogP contribution >= 0.6 is 7.82 Å². The van der Waals surface area contributed by atoms with Gasteiger partial charge in [0.2, 0.25) is 12.6 Å². The number of aliphatic hydroxyl groups is 2. The number of aromatic nitrogens is 3. The average molecular weight is 354 g/mol. The molecule has 0 radical (unpaired) electrons. The molecular weight excluding hydrogens is 337 g/mol. The maximum Gasteiger partial charge on any atom is 0.469 e. The number of phosphoric ester groups is 1. The van der Waals surface area contributed by atoms with Crippen LogP contribution in [0.5, 0.6) is 0 Å². The highest BCUT2D eigenvalue weighted by molar-refractivity contribution is 7.46. The van der Waals surface area contributed by atoms with E-state index in [1.165, 1.54) is 14.1 Å². The van der Waals surface area contributed by atoms with Crippen LogP contribution in [0.1, 0.15) is 6.23 Å². The standard InChI is InChI=1S/C10H16N3O9P/c1-11-4-13(10(17)12(2)9(11)16)8-7(15)6(14)5(22-8)3-21-23(18,19)20/h4-8,14-15H,3H2,1-2H3,(H-,18,19,20)/p+1/t5-,6-,7?,8-/m1/s1. The van der Waals surface area contributed by atoms with Crippen LogP contribution in [0, 0.1) is 0 Å². The van der Waals surface area contributed by atoms with Crippen LogP contribution in [0.4, 0.5) is 0 Å². The number of rotatable bonds is 4. The number of hydrogen-bond donors (Lipinski definition) is 4. The first-order valence-corrected chi connectivity index (χ1v) is 7.95. The van der Waals surface area contributed by atoms with Crippen molar-refractivity contribution in [1.82, 2.24) is 9.13 Å². The Morgan fingerprint density at radius 2 is 1.96 bits per heavy atom. The summed E-state index contributed by atoms with van der Waals surface area (Å²) in [4.78, 5) is 41.0. The van der Waals surface area contributed by atoms with E-state index in [-0.39, 0.29) is 0 Å². The quantitative estimate of drug-likeness (QED) is 0.312. The fourth-order valence-corrected chi connectivity index (χ4v) is 2.56. The summed E-state index contributed by atoms with van der Waals surface area (Å²) in [5, 5.41) is 19.9. The Hall–Kier alpha value is -1.40. The fourth-order valence-electron chi connectivity index (χ4n) is 2.22. The Bertz CT molecular complexity index is 753. The first kappa shape index (κ1) is 17.9. The van der Waals surface area contributed by atoms with E-state index >= 15 is 0 Å². The first-order chi connectivity index (χ1) is 10.5. The topological polar surface area (TPSA) is 164 Å². The molecule has 2 rings (SSSR count). The van der Waals surface area contributed by atoms with Gasteiger partial charge < -0.3 is 24.7 Å². The molecule has 0 saturated carbocycles. The molecule has 1 fully saturated rings. The van der Waals surface area contributed by atoms with E-state index in [0.29, 0.717) is 0 Å². The molecular formula is C10H17N3O9P+. The molecule has 12 nitrogen and oxygen atoms in total. The van der Waals surface area contributed by atoms with Gasteiger partial charge in [-0.05, 0) is 0 Å². The van der Waals surface area contributed by atoms with Gasteiger partial charge >= 0.3 is 19.2 Å². The molecule has 1 unspecified atom stereocenters. The van der Waals surface area contributed by atoms with Gasteiger partial charge in [-0.25, -0.2) is 18.7 Å². The highest BCUT2D eigenvalue weighted by atomic mass is 31.2. The van der Waals surface area contributed by atoms with Crippen LogP contribution < -0.4 is 15.9 Å². The maximum absolute atomic E-state index is 12.1. The Labute approximate surface area is 129 Å². The van der Waals surface area contributed by atoms with Gasteiger partial charge in [-0.3, -0.25) is 4.52 Å². The van der Waals surface area contributed by atoms with Crippen LogP contribution in [0.25, 0.3) is 0 Å². The van der Waals surface area contributed by atoms with Crippen molar-refractivity contribution >= 4 is 7.82 Å². The van der Waals surface area contributed by atoms with Gasteiger partial charge in [0, 0.05) is 0 Å². The number of hydrogen-bond acceptors (Lipinski definition) is 7. The molecule has 2 heterocycles. The fraction of sp³-hybridized carbons (Fsp3) is 0.700. The first-order valence-electron chi connectivity index (χ1n) is 6.42. The van der Waals surface area contributed by atoms with E-state index in [1.54, 1.807) is 0 Å². The minimum absolute atomic E-state index is 0.597. The molecule has 4 N–H and O–H groups in total. The monoisotopic (exact) mass is 354 g/mol.